The molecule has 0 unspecified atom stereocenters. The summed E-state index contributed by atoms with van der Waals surface area (Å²) in [7, 11) is 3.15. The van der Waals surface area contributed by atoms with E-state index < -0.39 is 5.97 Å². The molecule has 0 saturated heterocycles. The molecule has 0 atom stereocenters. The lowest BCUT2D eigenvalue weighted by Crippen LogP contribution is -2.03. The number of carboxylic acid groups (broad SMARTS) is 1. The van der Waals surface area contributed by atoms with Gasteiger partial charge in [-0.15, -0.1) is 5.10 Å². The molecular formula is C14H17N3O4. The maximum atomic E-state index is 10.7. The first-order valence-electron chi connectivity index (χ1n) is 6.42. The van der Waals surface area contributed by atoms with Crippen LogP contribution in [-0.2, 0) is 11.2 Å². The zero-order valence-corrected chi connectivity index (χ0v) is 12.2. The van der Waals surface area contributed by atoms with Crippen molar-refractivity contribution in [2.24, 2.45) is 0 Å². The van der Waals surface area contributed by atoms with Gasteiger partial charge in [-0.3, -0.25) is 4.79 Å². The molecule has 0 spiro atoms. The van der Waals surface area contributed by atoms with E-state index in [1.54, 1.807) is 37.1 Å². The minimum Gasteiger partial charge on any atom is -0.497 e. The van der Waals surface area contributed by atoms with E-state index in [4.69, 9.17) is 14.6 Å². The maximum absolute atomic E-state index is 10.7. The quantitative estimate of drug-likeness (QED) is 0.870. The van der Waals surface area contributed by atoms with E-state index in [1.807, 2.05) is 6.92 Å². The second-order valence-corrected chi connectivity index (χ2v) is 4.46. The molecule has 0 amide bonds. The molecule has 0 saturated carbocycles. The zero-order chi connectivity index (χ0) is 15.4. The van der Waals surface area contributed by atoms with Gasteiger partial charge in [0, 0.05) is 12.5 Å². The third kappa shape index (κ3) is 3.13. The highest BCUT2D eigenvalue weighted by Gasteiger charge is 2.15. The van der Waals surface area contributed by atoms with Crippen LogP contribution in [0.3, 0.4) is 0 Å². The maximum Gasteiger partial charge on any atom is 0.303 e. The van der Waals surface area contributed by atoms with Crippen molar-refractivity contribution in [3.05, 3.63) is 29.6 Å². The predicted octanol–water partition coefficient (Wildman–Crippen LogP) is 1.61. The fourth-order valence-electron chi connectivity index (χ4n) is 2.01. The number of rotatable bonds is 6. The third-order valence-corrected chi connectivity index (χ3v) is 3.18. The van der Waals surface area contributed by atoms with Crippen LogP contribution in [-0.4, -0.2) is 40.3 Å². The van der Waals surface area contributed by atoms with Gasteiger partial charge in [-0.25, -0.2) is 4.68 Å². The molecule has 21 heavy (non-hydrogen) atoms. The Morgan fingerprint density at radius 2 is 2.10 bits per heavy atom. The number of nitrogens with zero attached hydrogens (tertiary/aromatic N) is 3. The van der Waals surface area contributed by atoms with E-state index in [2.05, 4.69) is 10.3 Å². The second-order valence-electron chi connectivity index (χ2n) is 4.46. The van der Waals surface area contributed by atoms with Gasteiger partial charge in [0.2, 0.25) is 0 Å². The average molecular weight is 291 g/mol. The summed E-state index contributed by atoms with van der Waals surface area (Å²) in [6, 6.07) is 5.37. The van der Waals surface area contributed by atoms with Crippen LogP contribution in [0.2, 0.25) is 0 Å². The van der Waals surface area contributed by atoms with E-state index in [0.717, 1.165) is 5.69 Å². The Morgan fingerprint density at radius 3 is 2.71 bits per heavy atom. The molecule has 1 aromatic heterocycles. The molecule has 1 heterocycles. The fourth-order valence-corrected chi connectivity index (χ4v) is 2.01. The largest absolute Gasteiger partial charge is 0.497 e. The van der Waals surface area contributed by atoms with Gasteiger partial charge in [0.15, 0.2) is 0 Å². The number of methoxy groups -OCH3 is 2. The summed E-state index contributed by atoms with van der Waals surface area (Å²) in [5.74, 6) is 0.448. The molecule has 7 nitrogen and oxygen atoms in total. The number of ether oxygens (including phenoxy) is 2. The Balaban J connectivity index is 2.40. The molecule has 7 heteroatoms. The smallest absolute Gasteiger partial charge is 0.303 e. The summed E-state index contributed by atoms with van der Waals surface area (Å²) in [4.78, 5) is 10.7. The molecule has 0 aliphatic heterocycles. The van der Waals surface area contributed by atoms with E-state index in [0.29, 0.717) is 29.3 Å². The molecule has 2 aromatic rings. The van der Waals surface area contributed by atoms with Crippen molar-refractivity contribution in [2.75, 3.05) is 14.2 Å². The molecule has 2 rings (SSSR count). The second kappa shape index (κ2) is 6.25. The number of carboxylic acids is 1. The van der Waals surface area contributed by atoms with Crippen molar-refractivity contribution < 1.29 is 19.4 Å². The minimum absolute atomic E-state index is 0.0226. The molecule has 0 fully saturated rings. The van der Waals surface area contributed by atoms with Gasteiger partial charge >= 0.3 is 5.97 Å². The molecule has 0 aliphatic rings. The van der Waals surface area contributed by atoms with Gasteiger partial charge in [0.25, 0.3) is 0 Å². The average Bonchev–Trinajstić information content (AvgIpc) is 2.85. The molecule has 0 aliphatic carbocycles. The van der Waals surface area contributed by atoms with Crippen LogP contribution < -0.4 is 9.47 Å². The fraction of sp³-hybridized carbons (Fsp3) is 0.357. The summed E-state index contributed by atoms with van der Waals surface area (Å²) in [5, 5.41) is 16.9. The summed E-state index contributed by atoms with van der Waals surface area (Å²) in [5.41, 5.74) is 2.13. The first kappa shape index (κ1) is 14.8. The first-order valence-corrected chi connectivity index (χ1v) is 6.42. The van der Waals surface area contributed by atoms with Crippen molar-refractivity contribution in [2.45, 2.75) is 19.8 Å². The van der Waals surface area contributed by atoms with Gasteiger partial charge in [-0.2, -0.15) is 0 Å². The molecule has 1 aromatic carbocycles. The minimum atomic E-state index is -0.858. The van der Waals surface area contributed by atoms with E-state index in [-0.39, 0.29) is 6.42 Å². The molecule has 0 radical (unpaired) electrons. The lowest BCUT2D eigenvalue weighted by molar-refractivity contribution is -0.136. The SMILES string of the molecule is COc1ccc(OC)c(-n2nnc(CCC(=O)O)c2C)c1. The third-order valence-electron chi connectivity index (χ3n) is 3.18. The Bertz CT molecular complexity index is 652. The summed E-state index contributed by atoms with van der Waals surface area (Å²) in [6.07, 6.45) is 0.363. The van der Waals surface area contributed by atoms with Gasteiger partial charge in [0.05, 0.1) is 32.0 Å². The highest BCUT2D eigenvalue weighted by Crippen LogP contribution is 2.28. The Morgan fingerprint density at radius 1 is 1.33 bits per heavy atom. The number of aryl methyl sites for hydroxylation is 1. The van der Waals surface area contributed by atoms with Gasteiger partial charge in [-0.1, -0.05) is 5.21 Å². The predicted molar refractivity (Wildman–Crippen MR) is 75.2 cm³/mol. The van der Waals surface area contributed by atoms with Crippen molar-refractivity contribution in [3.63, 3.8) is 0 Å². The Kier molecular flexibility index (Phi) is 4.42. The van der Waals surface area contributed by atoms with Gasteiger partial charge in [-0.05, 0) is 19.1 Å². The van der Waals surface area contributed by atoms with E-state index >= 15 is 0 Å². The van der Waals surface area contributed by atoms with Crippen molar-refractivity contribution in [1.29, 1.82) is 0 Å². The highest BCUT2D eigenvalue weighted by molar-refractivity contribution is 5.67. The zero-order valence-electron chi connectivity index (χ0n) is 12.2. The van der Waals surface area contributed by atoms with E-state index in [9.17, 15) is 4.79 Å². The Labute approximate surface area is 122 Å². The standard InChI is InChI=1S/C14H17N3O4/c1-9-11(5-7-14(18)19)15-16-17(9)12-8-10(20-2)4-6-13(12)21-3/h4,6,8H,5,7H2,1-3H3,(H,18,19). The molecule has 112 valence electrons. The molecular weight excluding hydrogens is 274 g/mol. The summed E-state index contributed by atoms with van der Waals surface area (Å²) >= 11 is 0. The van der Waals surface area contributed by atoms with Crippen LogP contribution in [0.5, 0.6) is 11.5 Å². The lowest BCUT2D eigenvalue weighted by atomic mass is 10.2. The van der Waals surface area contributed by atoms with Crippen LogP contribution in [0.25, 0.3) is 5.69 Å². The molecule has 1 N–H and O–H groups in total. The summed E-state index contributed by atoms with van der Waals surface area (Å²) < 4.78 is 12.2. The van der Waals surface area contributed by atoms with Crippen LogP contribution in [0.15, 0.2) is 18.2 Å². The normalized spacial score (nSPS) is 10.4. The van der Waals surface area contributed by atoms with E-state index in [1.165, 1.54) is 0 Å². The Hall–Kier alpha value is -2.57. The number of hydrogen-bond acceptors (Lipinski definition) is 5. The number of carbonyl (C=O) groups is 1. The van der Waals surface area contributed by atoms with Crippen LogP contribution >= 0.6 is 0 Å². The van der Waals surface area contributed by atoms with Crippen LogP contribution in [0, 0.1) is 6.92 Å². The monoisotopic (exact) mass is 291 g/mol. The van der Waals surface area contributed by atoms with Crippen molar-refractivity contribution in [3.8, 4) is 17.2 Å². The lowest BCUT2D eigenvalue weighted by Gasteiger charge is -2.11. The van der Waals surface area contributed by atoms with Crippen LogP contribution in [0.1, 0.15) is 17.8 Å². The number of hydrogen-bond donors (Lipinski definition) is 1. The number of aromatic nitrogens is 3. The number of aliphatic carboxylic acids is 1. The summed E-state index contributed by atoms with van der Waals surface area (Å²) in [6.45, 7) is 1.84. The number of benzene rings is 1. The van der Waals surface area contributed by atoms with Crippen molar-refractivity contribution >= 4 is 5.97 Å². The van der Waals surface area contributed by atoms with Crippen molar-refractivity contribution in [1.82, 2.24) is 15.0 Å². The molecule has 0 bridgehead atoms. The topological polar surface area (TPSA) is 86.5 Å². The van der Waals surface area contributed by atoms with Gasteiger partial charge in [0.1, 0.15) is 17.2 Å². The van der Waals surface area contributed by atoms with Crippen LogP contribution in [0.4, 0.5) is 0 Å². The van der Waals surface area contributed by atoms with Gasteiger partial charge < -0.3 is 14.6 Å². The first-order chi connectivity index (χ1) is 10.1. The highest BCUT2D eigenvalue weighted by atomic mass is 16.5.